The minimum absolute atomic E-state index is 0.119. The number of carbonyl (C=O) groups excluding carboxylic acids is 1. The van der Waals surface area contributed by atoms with E-state index >= 15 is 0 Å². The molecule has 2 aromatic carbocycles. The van der Waals surface area contributed by atoms with E-state index in [-0.39, 0.29) is 10.5 Å². The van der Waals surface area contributed by atoms with Crippen molar-refractivity contribution in [3.63, 3.8) is 0 Å². The number of amides is 1. The fraction of sp³-hybridized carbons (Fsp3) is 0.0625. The highest BCUT2D eigenvalue weighted by Crippen LogP contribution is 2.27. The summed E-state index contributed by atoms with van der Waals surface area (Å²) in [6.07, 6.45) is 2.18. The summed E-state index contributed by atoms with van der Waals surface area (Å²) in [4.78, 5) is 11.3. The van der Waals surface area contributed by atoms with E-state index in [1.807, 2.05) is 0 Å². The Labute approximate surface area is 128 Å². The van der Waals surface area contributed by atoms with E-state index in [0.717, 1.165) is 12.3 Å². The van der Waals surface area contributed by atoms with Crippen LogP contribution in [0.5, 0.6) is 0 Å². The van der Waals surface area contributed by atoms with Crippen molar-refractivity contribution in [1.82, 2.24) is 0 Å². The van der Waals surface area contributed by atoms with Crippen LogP contribution >= 0.6 is 0 Å². The highest BCUT2D eigenvalue weighted by molar-refractivity contribution is 7.90. The maximum absolute atomic E-state index is 14.2. The Morgan fingerprint density at radius 3 is 2.55 bits per heavy atom. The minimum atomic E-state index is -3.36. The molecule has 1 amide bonds. The molecule has 6 heteroatoms. The first-order valence-electron chi connectivity index (χ1n) is 6.35. The Bertz CT molecular complexity index is 844. The third kappa shape index (κ3) is 3.59. The van der Waals surface area contributed by atoms with Gasteiger partial charge in [0.2, 0.25) is 5.91 Å². The van der Waals surface area contributed by atoms with Gasteiger partial charge in [-0.3, -0.25) is 4.79 Å². The van der Waals surface area contributed by atoms with E-state index in [9.17, 15) is 17.6 Å². The number of rotatable bonds is 4. The first kappa shape index (κ1) is 15.9. The van der Waals surface area contributed by atoms with Crippen molar-refractivity contribution in [1.29, 1.82) is 0 Å². The van der Waals surface area contributed by atoms with Crippen molar-refractivity contribution in [2.45, 2.75) is 4.90 Å². The molecule has 0 aliphatic carbocycles. The maximum Gasteiger partial charge on any atom is 0.247 e. The van der Waals surface area contributed by atoms with Gasteiger partial charge in [0.25, 0.3) is 0 Å². The Morgan fingerprint density at radius 1 is 1.23 bits per heavy atom. The van der Waals surface area contributed by atoms with Crippen LogP contribution in [0.4, 0.5) is 10.1 Å². The lowest BCUT2D eigenvalue weighted by molar-refractivity contribution is -0.111. The Hall–Kier alpha value is -2.47. The summed E-state index contributed by atoms with van der Waals surface area (Å²) < 4.78 is 37.3. The Morgan fingerprint density at radius 2 is 1.95 bits per heavy atom. The first-order chi connectivity index (χ1) is 10.3. The van der Waals surface area contributed by atoms with Gasteiger partial charge < -0.3 is 5.32 Å². The third-order valence-electron chi connectivity index (χ3n) is 3.00. The molecule has 0 heterocycles. The minimum Gasteiger partial charge on any atom is -0.322 e. The second-order valence-electron chi connectivity index (χ2n) is 4.69. The van der Waals surface area contributed by atoms with E-state index in [2.05, 4.69) is 11.9 Å². The summed E-state index contributed by atoms with van der Waals surface area (Å²) in [5.74, 6) is -1.00. The topological polar surface area (TPSA) is 63.2 Å². The van der Waals surface area contributed by atoms with Crippen LogP contribution in [0, 0.1) is 5.82 Å². The monoisotopic (exact) mass is 319 g/mol. The molecule has 22 heavy (non-hydrogen) atoms. The Kier molecular flexibility index (Phi) is 4.42. The van der Waals surface area contributed by atoms with Gasteiger partial charge in [0.15, 0.2) is 9.84 Å². The molecule has 0 spiro atoms. The molecule has 0 saturated carbocycles. The quantitative estimate of drug-likeness (QED) is 0.881. The molecule has 0 fully saturated rings. The van der Waals surface area contributed by atoms with Crippen molar-refractivity contribution < 1.29 is 17.6 Å². The van der Waals surface area contributed by atoms with Gasteiger partial charge in [0, 0.05) is 17.5 Å². The van der Waals surface area contributed by atoms with E-state index in [0.29, 0.717) is 11.3 Å². The average molecular weight is 319 g/mol. The molecule has 0 bridgehead atoms. The van der Waals surface area contributed by atoms with Crippen LogP contribution in [0.2, 0.25) is 0 Å². The van der Waals surface area contributed by atoms with E-state index in [1.165, 1.54) is 30.3 Å². The van der Waals surface area contributed by atoms with Crippen LogP contribution in [-0.4, -0.2) is 20.6 Å². The zero-order valence-corrected chi connectivity index (χ0v) is 12.7. The zero-order chi connectivity index (χ0) is 16.3. The number of benzene rings is 2. The molecular weight excluding hydrogens is 305 g/mol. The van der Waals surface area contributed by atoms with Gasteiger partial charge in [0.1, 0.15) is 5.82 Å². The summed E-state index contributed by atoms with van der Waals surface area (Å²) in [5, 5.41) is 2.45. The number of nitrogens with one attached hydrogen (secondary N) is 1. The number of halogens is 1. The molecule has 0 aliphatic rings. The molecule has 0 unspecified atom stereocenters. The second kappa shape index (κ2) is 6.11. The molecular formula is C16H14FNO3S. The molecule has 2 aromatic rings. The van der Waals surface area contributed by atoms with Crippen LogP contribution < -0.4 is 5.32 Å². The fourth-order valence-corrected chi connectivity index (χ4v) is 2.58. The average Bonchev–Trinajstić information content (AvgIpc) is 2.46. The van der Waals surface area contributed by atoms with Gasteiger partial charge in [-0.1, -0.05) is 18.7 Å². The predicted molar refractivity (Wildman–Crippen MR) is 83.8 cm³/mol. The molecule has 114 valence electrons. The van der Waals surface area contributed by atoms with Crippen LogP contribution in [0.15, 0.2) is 60.0 Å². The van der Waals surface area contributed by atoms with Gasteiger partial charge in [0.05, 0.1) is 4.90 Å². The second-order valence-corrected chi connectivity index (χ2v) is 6.70. The molecule has 0 saturated heterocycles. The van der Waals surface area contributed by atoms with Crippen molar-refractivity contribution in [2.24, 2.45) is 0 Å². The lowest BCUT2D eigenvalue weighted by atomic mass is 10.0. The van der Waals surface area contributed by atoms with E-state index < -0.39 is 21.6 Å². The van der Waals surface area contributed by atoms with Gasteiger partial charge in [-0.05, 0) is 42.0 Å². The Balaban J connectivity index is 2.42. The van der Waals surface area contributed by atoms with Gasteiger partial charge in [-0.15, -0.1) is 0 Å². The largest absolute Gasteiger partial charge is 0.322 e. The third-order valence-corrected chi connectivity index (χ3v) is 4.11. The number of anilines is 1. The molecule has 0 atom stereocenters. The maximum atomic E-state index is 14.2. The summed E-state index contributed by atoms with van der Waals surface area (Å²) in [7, 11) is -3.36. The summed E-state index contributed by atoms with van der Waals surface area (Å²) in [5.41, 5.74) is 0.995. The zero-order valence-electron chi connectivity index (χ0n) is 11.8. The fourth-order valence-electron chi connectivity index (χ4n) is 1.91. The van der Waals surface area contributed by atoms with Crippen molar-refractivity contribution in [2.75, 3.05) is 11.6 Å². The lowest BCUT2D eigenvalue weighted by Crippen LogP contribution is -2.07. The highest BCUT2D eigenvalue weighted by Gasteiger charge is 2.11. The van der Waals surface area contributed by atoms with Crippen LogP contribution in [0.3, 0.4) is 0 Å². The highest BCUT2D eigenvalue weighted by atomic mass is 32.2. The van der Waals surface area contributed by atoms with Crippen LogP contribution in [0.25, 0.3) is 11.1 Å². The SMILES string of the molecule is C=CC(=O)Nc1ccc(-c2cccc(S(C)(=O)=O)c2)c(F)c1. The number of carbonyl (C=O) groups is 1. The molecule has 2 rings (SSSR count). The summed E-state index contributed by atoms with van der Waals surface area (Å²) in [6.45, 7) is 3.31. The number of hydrogen-bond donors (Lipinski definition) is 1. The van der Waals surface area contributed by atoms with Crippen molar-refractivity contribution >= 4 is 21.4 Å². The smallest absolute Gasteiger partial charge is 0.247 e. The van der Waals surface area contributed by atoms with Gasteiger partial charge in [-0.2, -0.15) is 0 Å². The van der Waals surface area contributed by atoms with Crippen LogP contribution in [0.1, 0.15) is 0 Å². The number of hydrogen-bond acceptors (Lipinski definition) is 3. The molecule has 4 nitrogen and oxygen atoms in total. The normalized spacial score (nSPS) is 11.0. The summed E-state index contributed by atoms with van der Waals surface area (Å²) >= 11 is 0. The van der Waals surface area contributed by atoms with Crippen LogP contribution in [-0.2, 0) is 14.6 Å². The summed E-state index contributed by atoms with van der Waals surface area (Å²) in [6, 6.07) is 10.2. The molecule has 0 aliphatic heterocycles. The standard InChI is InChI=1S/C16H14FNO3S/c1-3-16(19)18-12-7-8-14(15(17)10-12)11-5-4-6-13(9-11)22(2,20)21/h3-10H,1H2,2H3,(H,18,19). The van der Waals surface area contributed by atoms with Crippen molar-refractivity contribution in [3.8, 4) is 11.1 Å². The molecule has 1 N–H and O–H groups in total. The lowest BCUT2D eigenvalue weighted by Gasteiger charge is -2.08. The van der Waals surface area contributed by atoms with E-state index in [4.69, 9.17) is 0 Å². The van der Waals surface area contributed by atoms with Crippen molar-refractivity contribution in [3.05, 3.63) is 60.9 Å². The molecule has 0 aromatic heterocycles. The first-order valence-corrected chi connectivity index (χ1v) is 8.24. The molecule has 0 radical (unpaired) electrons. The predicted octanol–water partition coefficient (Wildman–Crippen LogP) is 3.02. The number of sulfone groups is 1. The van der Waals surface area contributed by atoms with Gasteiger partial charge >= 0.3 is 0 Å². The van der Waals surface area contributed by atoms with E-state index in [1.54, 1.807) is 12.1 Å². The van der Waals surface area contributed by atoms with Gasteiger partial charge in [-0.25, -0.2) is 12.8 Å².